The standard InChI is InChI=1S/C20H30ClNO6S/c1-3-4-11-27-20(23)22-10-6-8-17(15-22)19(16-7-5-9-18(21)14-16)26-12-13-28-29(2,24)25/h5,7,9,14,17,19H,3-4,6,8,10-13,15H2,1-2H3/t17?,19-/m0/s1. The van der Waals surface area contributed by atoms with Crippen molar-refractivity contribution in [2.24, 2.45) is 5.92 Å². The Balaban J connectivity index is 2.05. The van der Waals surface area contributed by atoms with Crippen LogP contribution in [0.15, 0.2) is 24.3 Å². The van der Waals surface area contributed by atoms with Gasteiger partial charge in [0.1, 0.15) is 0 Å². The van der Waals surface area contributed by atoms with E-state index >= 15 is 0 Å². The second kappa shape index (κ2) is 11.7. The summed E-state index contributed by atoms with van der Waals surface area (Å²) in [5.74, 6) is 0.0409. The van der Waals surface area contributed by atoms with Gasteiger partial charge in [-0.1, -0.05) is 37.1 Å². The van der Waals surface area contributed by atoms with Gasteiger partial charge in [0.05, 0.1) is 32.2 Å². The van der Waals surface area contributed by atoms with Crippen LogP contribution in [0.3, 0.4) is 0 Å². The Morgan fingerprint density at radius 1 is 1.31 bits per heavy atom. The third-order valence-corrected chi connectivity index (χ3v) is 5.55. The molecule has 1 saturated heterocycles. The molecule has 1 amide bonds. The molecular weight excluding hydrogens is 418 g/mol. The number of hydrogen-bond acceptors (Lipinski definition) is 6. The highest BCUT2D eigenvalue weighted by Crippen LogP contribution is 2.34. The molecule has 1 aromatic carbocycles. The van der Waals surface area contributed by atoms with E-state index in [0.29, 0.717) is 24.7 Å². The summed E-state index contributed by atoms with van der Waals surface area (Å²) >= 11 is 6.15. The van der Waals surface area contributed by atoms with E-state index in [0.717, 1.165) is 37.5 Å². The number of carbonyl (C=O) groups excluding carboxylic acids is 1. The number of likely N-dealkylation sites (tertiary alicyclic amines) is 1. The van der Waals surface area contributed by atoms with E-state index < -0.39 is 10.1 Å². The van der Waals surface area contributed by atoms with Crippen molar-refractivity contribution < 1.29 is 26.9 Å². The lowest BCUT2D eigenvalue weighted by atomic mass is 9.88. The van der Waals surface area contributed by atoms with Gasteiger partial charge in [-0.25, -0.2) is 4.79 Å². The summed E-state index contributed by atoms with van der Waals surface area (Å²) < 4.78 is 38.5. The van der Waals surface area contributed by atoms with Crippen molar-refractivity contribution in [2.75, 3.05) is 39.2 Å². The van der Waals surface area contributed by atoms with Crippen LogP contribution in [0.2, 0.25) is 5.02 Å². The fraction of sp³-hybridized carbons (Fsp3) is 0.650. The topological polar surface area (TPSA) is 82.1 Å². The first-order valence-electron chi connectivity index (χ1n) is 9.93. The first-order chi connectivity index (χ1) is 13.8. The molecule has 0 spiro atoms. The van der Waals surface area contributed by atoms with Gasteiger partial charge in [0.25, 0.3) is 10.1 Å². The largest absolute Gasteiger partial charge is 0.449 e. The molecule has 2 atom stereocenters. The van der Waals surface area contributed by atoms with Gasteiger partial charge in [-0.2, -0.15) is 8.42 Å². The molecule has 0 aliphatic carbocycles. The van der Waals surface area contributed by atoms with Gasteiger partial charge < -0.3 is 14.4 Å². The molecule has 1 aromatic rings. The zero-order chi connectivity index (χ0) is 21.3. The van der Waals surface area contributed by atoms with E-state index in [2.05, 4.69) is 0 Å². The lowest BCUT2D eigenvalue weighted by Gasteiger charge is -2.36. The van der Waals surface area contributed by atoms with Gasteiger partial charge in [0, 0.05) is 24.0 Å². The molecule has 7 nitrogen and oxygen atoms in total. The van der Waals surface area contributed by atoms with Crippen LogP contribution in [0.5, 0.6) is 0 Å². The molecule has 9 heteroatoms. The monoisotopic (exact) mass is 447 g/mol. The first-order valence-corrected chi connectivity index (χ1v) is 12.1. The number of rotatable bonds is 10. The number of carbonyl (C=O) groups is 1. The van der Waals surface area contributed by atoms with Gasteiger partial charge in [-0.3, -0.25) is 4.18 Å². The van der Waals surface area contributed by atoms with Gasteiger partial charge in [-0.05, 0) is 37.0 Å². The number of unbranched alkanes of at least 4 members (excludes halogenated alkanes) is 1. The average molecular weight is 448 g/mol. The SMILES string of the molecule is CCCCOC(=O)N1CCCC([C@@H](OCCOS(C)(=O)=O)c2cccc(Cl)c2)C1. The average Bonchev–Trinajstić information content (AvgIpc) is 2.67. The fourth-order valence-electron chi connectivity index (χ4n) is 3.37. The van der Waals surface area contributed by atoms with Crippen LogP contribution in [0.25, 0.3) is 0 Å². The van der Waals surface area contributed by atoms with Gasteiger partial charge >= 0.3 is 6.09 Å². The summed E-state index contributed by atoms with van der Waals surface area (Å²) in [6.07, 6.45) is 3.91. The molecule has 0 radical (unpaired) electrons. The third-order valence-electron chi connectivity index (χ3n) is 4.72. The van der Waals surface area contributed by atoms with Gasteiger partial charge in [0.15, 0.2) is 0 Å². The van der Waals surface area contributed by atoms with Crippen LogP contribution in [0.1, 0.15) is 44.3 Å². The van der Waals surface area contributed by atoms with E-state index in [1.54, 1.807) is 11.0 Å². The van der Waals surface area contributed by atoms with Gasteiger partial charge in [-0.15, -0.1) is 0 Å². The molecule has 1 aliphatic heterocycles. The predicted octanol–water partition coefficient (Wildman–Crippen LogP) is 4.02. The Morgan fingerprint density at radius 3 is 2.79 bits per heavy atom. The zero-order valence-corrected chi connectivity index (χ0v) is 18.6. The number of ether oxygens (including phenoxy) is 2. The normalized spacial score (nSPS) is 18.4. The fourth-order valence-corrected chi connectivity index (χ4v) is 3.94. The molecule has 1 unspecified atom stereocenters. The molecule has 0 bridgehead atoms. The van der Waals surface area contributed by atoms with Crippen molar-refractivity contribution in [3.63, 3.8) is 0 Å². The van der Waals surface area contributed by atoms with Crippen LogP contribution in [0, 0.1) is 5.92 Å². The Bertz CT molecular complexity index is 757. The summed E-state index contributed by atoms with van der Waals surface area (Å²) in [7, 11) is -3.52. The summed E-state index contributed by atoms with van der Waals surface area (Å²) in [4.78, 5) is 14.1. The number of halogens is 1. The smallest absolute Gasteiger partial charge is 0.409 e. The molecule has 1 heterocycles. The molecule has 0 N–H and O–H groups in total. The third kappa shape index (κ3) is 8.50. The molecular formula is C20H30ClNO6S. The van der Waals surface area contributed by atoms with Crippen molar-refractivity contribution in [1.82, 2.24) is 4.90 Å². The lowest BCUT2D eigenvalue weighted by Crippen LogP contribution is -2.42. The van der Waals surface area contributed by atoms with E-state index in [-0.39, 0.29) is 31.3 Å². The first kappa shape index (κ1) is 23.9. The molecule has 29 heavy (non-hydrogen) atoms. The second-order valence-corrected chi connectivity index (χ2v) is 9.27. The van der Waals surface area contributed by atoms with Crippen molar-refractivity contribution >= 4 is 27.8 Å². The maximum absolute atomic E-state index is 12.4. The number of nitrogens with zero attached hydrogens (tertiary/aromatic N) is 1. The van der Waals surface area contributed by atoms with Crippen LogP contribution in [-0.4, -0.2) is 58.6 Å². The minimum atomic E-state index is -3.52. The number of hydrogen-bond donors (Lipinski definition) is 0. The minimum Gasteiger partial charge on any atom is -0.449 e. The lowest BCUT2D eigenvalue weighted by molar-refractivity contribution is -0.0248. The maximum atomic E-state index is 12.4. The molecule has 1 fully saturated rings. The van der Waals surface area contributed by atoms with E-state index in [1.807, 2.05) is 25.1 Å². The highest BCUT2D eigenvalue weighted by molar-refractivity contribution is 7.85. The molecule has 0 aromatic heterocycles. The summed E-state index contributed by atoms with van der Waals surface area (Å²) in [6.45, 7) is 3.68. The predicted molar refractivity (Wildman–Crippen MR) is 111 cm³/mol. The van der Waals surface area contributed by atoms with Crippen LogP contribution >= 0.6 is 11.6 Å². The van der Waals surface area contributed by atoms with Crippen LogP contribution in [-0.2, 0) is 23.8 Å². The van der Waals surface area contributed by atoms with Crippen molar-refractivity contribution in [3.05, 3.63) is 34.9 Å². The number of benzene rings is 1. The van der Waals surface area contributed by atoms with Crippen LogP contribution < -0.4 is 0 Å². The van der Waals surface area contributed by atoms with Crippen LogP contribution in [0.4, 0.5) is 4.79 Å². The number of piperidine rings is 1. The van der Waals surface area contributed by atoms with E-state index in [1.165, 1.54) is 0 Å². The highest BCUT2D eigenvalue weighted by atomic mass is 35.5. The molecule has 2 rings (SSSR count). The molecule has 164 valence electrons. The Morgan fingerprint density at radius 2 is 2.10 bits per heavy atom. The number of amides is 1. The Kier molecular flexibility index (Phi) is 9.68. The Labute approximate surface area is 178 Å². The van der Waals surface area contributed by atoms with Crippen molar-refractivity contribution in [2.45, 2.75) is 38.7 Å². The molecule has 1 aliphatic rings. The maximum Gasteiger partial charge on any atom is 0.409 e. The minimum absolute atomic E-state index is 0.0409. The Hall–Kier alpha value is -1.35. The molecule has 0 saturated carbocycles. The van der Waals surface area contributed by atoms with Crippen molar-refractivity contribution in [1.29, 1.82) is 0 Å². The van der Waals surface area contributed by atoms with Crippen molar-refractivity contribution in [3.8, 4) is 0 Å². The quantitative estimate of drug-likeness (QED) is 0.398. The summed E-state index contributed by atoms with van der Waals surface area (Å²) in [5, 5.41) is 0.593. The van der Waals surface area contributed by atoms with Gasteiger partial charge in [0.2, 0.25) is 0 Å². The summed E-state index contributed by atoms with van der Waals surface area (Å²) in [5.41, 5.74) is 0.892. The highest BCUT2D eigenvalue weighted by Gasteiger charge is 2.32. The van der Waals surface area contributed by atoms with E-state index in [4.69, 9.17) is 25.3 Å². The summed E-state index contributed by atoms with van der Waals surface area (Å²) in [6, 6.07) is 7.39. The van der Waals surface area contributed by atoms with E-state index in [9.17, 15) is 13.2 Å². The second-order valence-electron chi connectivity index (χ2n) is 7.19. The zero-order valence-electron chi connectivity index (χ0n) is 17.0.